The Morgan fingerprint density at radius 3 is 2.35 bits per heavy atom. The highest BCUT2D eigenvalue weighted by molar-refractivity contribution is 6.30. The van der Waals surface area contributed by atoms with E-state index in [9.17, 15) is 0 Å². The van der Waals surface area contributed by atoms with Crippen molar-refractivity contribution in [2.45, 2.75) is 6.04 Å². The zero-order chi connectivity index (χ0) is 12.1. The van der Waals surface area contributed by atoms with Gasteiger partial charge in [-0.15, -0.1) is 11.6 Å². The van der Waals surface area contributed by atoms with E-state index < -0.39 is 0 Å². The number of nitrogens with one attached hydrogen (secondary N) is 1. The van der Waals surface area contributed by atoms with Gasteiger partial charge in [0.2, 0.25) is 5.95 Å². The van der Waals surface area contributed by atoms with Gasteiger partial charge >= 0.3 is 0 Å². The minimum Gasteiger partial charge on any atom is -0.346 e. The number of alkyl halides is 1. The Bertz CT molecular complexity index is 459. The van der Waals surface area contributed by atoms with Crippen LogP contribution in [-0.4, -0.2) is 15.8 Å². The summed E-state index contributed by atoms with van der Waals surface area (Å²) in [4.78, 5) is 8.16. The van der Waals surface area contributed by atoms with Crippen LogP contribution in [0.1, 0.15) is 11.6 Å². The van der Waals surface area contributed by atoms with Crippen molar-refractivity contribution in [1.82, 2.24) is 9.97 Å². The van der Waals surface area contributed by atoms with Gasteiger partial charge in [0.15, 0.2) is 0 Å². The molecule has 1 heterocycles. The molecule has 1 aromatic heterocycles. The maximum atomic E-state index is 5.94. The van der Waals surface area contributed by atoms with Gasteiger partial charge in [0.05, 0.1) is 23.5 Å². The summed E-state index contributed by atoms with van der Waals surface area (Å²) in [6.07, 6.45) is 3.10. The Hall–Kier alpha value is -1.32. The van der Waals surface area contributed by atoms with Crippen LogP contribution in [-0.2, 0) is 0 Å². The Morgan fingerprint density at radius 1 is 1.12 bits per heavy atom. The minimum atomic E-state index is -0.0148. The monoisotopic (exact) mass is 267 g/mol. The van der Waals surface area contributed by atoms with Crippen LogP contribution in [0.3, 0.4) is 0 Å². The molecule has 0 saturated heterocycles. The highest BCUT2D eigenvalue weighted by Gasteiger charge is 2.10. The number of halogens is 2. The van der Waals surface area contributed by atoms with Crippen LogP contribution in [0.5, 0.6) is 0 Å². The van der Waals surface area contributed by atoms with Crippen molar-refractivity contribution in [3.05, 3.63) is 53.3 Å². The first kappa shape index (κ1) is 12.1. The van der Waals surface area contributed by atoms with E-state index in [1.165, 1.54) is 0 Å². The smallest absolute Gasteiger partial charge is 0.223 e. The molecule has 0 aliphatic rings. The van der Waals surface area contributed by atoms with E-state index in [-0.39, 0.29) is 6.04 Å². The molecule has 0 aliphatic carbocycles. The summed E-state index contributed by atoms with van der Waals surface area (Å²) >= 11 is 11.7. The van der Waals surface area contributed by atoms with Gasteiger partial charge in [-0.05, 0) is 5.56 Å². The highest BCUT2D eigenvalue weighted by atomic mass is 35.5. The van der Waals surface area contributed by atoms with Crippen LogP contribution in [0.4, 0.5) is 5.95 Å². The van der Waals surface area contributed by atoms with Gasteiger partial charge in [0.1, 0.15) is 0 Å². The molecule has 0 aliphatic heterocycles. The topological polar surface area (TPSA) is 37.8 Å². The molecular formula is C12H11Cl2N3. The second-order valence-electron chi connectivity index (χ2n) is 3.49. The van der Waals surface area contributed by atoms with Crippen LogP contribution >= 0.6 is 23.2 Å². The lowest BCUT2D eigenvalue weighted by atomic mass is 10.1. The average Bonchev–Trinajstić information content (AvgIpc) is 2.39. The van der Waals surface area contributed by atoms with Crippen molar-refractivity contribution in [2.24, 2.45) is 0 Å². The van der Waals surface area contributed by atoms with E-state index >= 15 is 0 Å². The third kappa shape index (κ3) is 3.32. The predicted octanol–water partition coefficient (Wildman–Crippen LogP) is 3.52. The predicted molar refractivity (Wildman–Crippen MR) is 70.6 cm³/mol. The number of hydrogen-bond donors (Lipinski definition) is 1. The van der Waals surface area contributed by atoms with Crippen LogP contribution in [0.2, 0.25) is 5.02 Å². The van der Waals surface area contributed by atoms with E-state index in [1.807, 2.05) is 30.3 Å². The molecule has 0 radical (unpaired) electrons. The lowest BCUT2D eigenvalue weighted by molar-refractivity contribution is 0.868. The zero-order valence-corrected chi connectivity index (χ0v) is 10.5. The van der Waals surface area contributed by atoms with E-state index in [0.29, 0.717) is 16.9 Å². The summed E-state index contributed by atoms with van der Waals surface area (Å²) in [5, 5.41) is 3.67. The van der Waals surface area contributed by atoms with Gasteiger partial charge in [-0.25, -0.2) is 9.97 Å². The standard InChI is InChI=1S/C12H11Cl2N3/c13-6-11(9-4-2-1-3-5-9)17-12-15-7-10(14)8-16-12/h1-5,7-8,11H,6H2,(H,15,16,17). The normalized spacial score (nSPS) is 12.1. The van der Waals surface area contributed by atoms with Crippen molar-refractivity contribution in [3.8, 4) is 0 Å². The van der Waals surface area contributed by atoms with E-state index in [2.05, 4.69) is 15.3 Å². The summed E-state index contributed by atoms with van der Waals surface area (Å²) in [5.41, 5.74) is 1.10. The first-order valence-electron chi connectivity index (χ1n) is 5.14. The second kappa shape index (κ2) is 5.84. The molecule has 1 unspecified atom stereocenters. The molecule has 0 saturated carbocycles. The number of nitrogens with zero attached hydrogens (tertiary/aromatic N) is 2. The van der Waals surface area contributed by atoms with Crippen LogP contribution in [0.25, 0.3) is 0 Å². The molecule has 2 rings (SSSR count). The van der Waals surface area contributed by atoms with Gasteiger partial charge < -0.3 is 5.32 Å². The van der Waals surface area contributed by atoms with Gasteiger partial charge in [0.25, 0.3) is 0 Å². The summed E-state index contributed by atoms with van der Waals surface area (Å²) in [7, 11) is 0. The molecule has 1 aromatic carbocycles. The summed E-state index contributed by atoms with van der Waals surface area (Å²) in [6, 6.07) is 9.91. The molecule has 88 valence electrons. The molecule has 17 heavy (non-hydrogen) atoms. The first-order valence-corrected chi connectivity index (χ1v) is 6.06. The fourth-order valence-corrected chi connectivity index (χ4v) is 1.79. The van der Waals surface area contributed by atoms with E-state index in [4.69, 9.17) is 23.2 Å². The van der Waals surface area contributed by atoms with Crippen molar-refractivity contribution < 1.29 is 0 Å². The summed E-state index contributed by atoms with van der Waals surface area (Å²) < 4.78 is 0. The highest BCUT2D eigenvalue weighted by Crippen LogP contribution is 2.18. The van der Waals surface area contributed by atoms with Gasteiger partial charge in [-0.3, -0.25) is 0 Å². The Labute approximate surface area is 110 Å². The molecule has 0 spiro atoms. The van der Waals surface area contributed by atoms with Gasteiger partial charge in [-0.2, -0.15) is 0 Å². The Balaban J connectivity index is 2.13. The Morgan fingerprint density at radius 2 is 1.76 bits per heavy atom. The fourth-order valence-electron chi connectivity index (χ4n) is 1.44. The molecule has 5 heteroatoms. The molecule has 2 aromatic rings. The van der Waals surface area contributed by atoms with E-state index in [0.717, 1.165) is 5.56 Å². The molecule has 0 bridgehead atoms. The van der Waals surface area contributed by atoms with Crippen LogP contribution in [0, 0.1) is 0 Å². The lowest BCUT2D eigenvalue weighted by Crippen LogP contribution is -2.14. The molecular weight excluding hydrogens is 257 g/mol. The molecule has 3 nitrogen and oxygen atoms in total. The van der Waals surface area contributed by atoms with Gasteiger partial charge in [-0.1, -0.05) is 41.9 Å². The van der Waals surface area contributed by atoms with Crippen molar-refractivity contribution >= 4 is 29.2 Å². The van der Waals surface area contributed by atoms with Crippen molar-refractivity contribution in [3.63, 3.8) is 0 Å². The molecule has 0 fully saturated rings. The quantitative estimate of drug-likeness (QED) is 0.862. The first-order chi connectivity index (χ1) is 8.29. The van der Waals surface area contributed by atoms with Gasteiger partial charge in [0, 0.05) is 5.88 Å². The number of hydrogen-bond acceptors (Lipinski definition) is 3. The van der Waals surface area contributed by atoms with Crippen LogP contribution in [0.15, 0.2) is 42.7 Å². The average molecular weight is 268 g/mol. The molecule has 1 atom stereocenters. The molecule has 1 N–H and O–H groups in total. The Kier molecular flexibility index (Phi) is 4.18. The number of anilines is 1. The lowest BCUT2D eigenvalue weighted by Gasteiger charge is -2.16. The summed E-state index contributed by atoms with van der Waals surface area (Å²) in [6.45, 7) is 0. The zero-order valence-electron chi connectivity index (χ0n) is 8.98. The SMILES string of the molecule is ClCC(Nc1ncc(Cl)cn1)c1ccccc1. The largest absolute Gasteiger partial charge is 0.346 e. The van der Waals surface area contributed by atoms with Crippen LogP contribution < -0.4 is 5.32 Å². The second-order valence-corrected chi connectivity index (χ2v) is 4.23. The maximum Gasteiger partial charge on any atom is 0.223 e. The minimum absolute atomic E-state index is 0.0148. The molecule has 0 amide bonds. The van der Waals surface area contributed by atoms with Crippen molar-refractivity contribution in [1.29, 1.82) is 0 Å². The number of rotatable bonds is 4. The third-order valence-corrected chi connectivity index (χ3v) is 2.78. The third-order valence-electron chi connectivity index (χ3n) is 2.28. The summed E-state index contributed by atoms with van der Waals surface area (Å²) in [5.74, 6) is 0.958. The van der Waals surface area contributed by atoms with E-state index in [1.54, 1.807) is 12.4 Å². The number of aromatic nitrogens is 2. The maximum absolute atomic E-state index is 5.94. The fraction of sp³-hybridized carbons (Fsp3) is 0.167. The number of benzene rings is 1. The van der Waals surface area contributed by atoms with Crippen molar-refractivity contribution in [2.75, 3.05) is 11.2 Å².